The van der Waals surface area contributed by atoms with Gasteiger partial charge in [0.05, 0.1) is 35.2 Å². The molecule has 0 bridgehead atoms. The zero-order valence-electron chi connectivity index (χ0n) is 21.5. The number of halogens is 4. The molecule has 4 aromatic rings. The molecule has 40 heavy (non-hydrogen) atoms. The van der Waals surface area contributed by atoms with Gasteiger partial charge in [0.1, 0.15) is 23.4 Å². The third-order valence-electron chi connectivity index (χ3n) is 6.76. The number of nitrogens with zero attached hydrogens (tertiary/aromatic N) is 3. The Morgan fingerprint density at radius 3 is 2.58 bits per heavy atom. The van der Waals surface area contributed by atoms with Gasteiger partial charge in [-0.05, 0) is 61.0 Å². The monoisotopic (exact) mass is 554 g/mol. The van der Waals surface area contributed by atoms with Crippen LogP contribution in [-0.4, -0.2) is 46.6 Å². The van der Waals surface area contributed by atoms with Crippen LogP contribution in [0.25, 0.3) is 16.6 Å². The molecule has 7 nitrogen and oxygen atoms in total. The van der Waals surface area contributed by atoms with E-state index in [0.717, 1.165) is 6.07 Å². The van der Waals surface area contributed by atoms with E-state index in [0.29, 0.717) is 47.4 Å². The molecule has 2 heterocycles. The minimum absolute atomic E-state index is 0.0337. The molecule has 0 aliphatic carbocycles. The number of alkyl halides is 3. The molecular formula is C29H26F4N4O3. The maximum atomic E-state index is 13.8. The van der Waals surface area contributed by atoms with Crippen molar-refractivity contribution in [2.45, 2.75) is 25.6 Å². The summed E-state index contributed by atoms with van der Waals surface area (Å²) in [4.78, 5) is 33.6. The van der Waals surface area contributed by atoms with Gasteiger partial charge in [-0.15, -0.1) is 0 Å². The molecule has 0 spiro atoms. The fourth-order valence-electron chi connectivity index (χ4n) is 4.89. The number of aromatic nitrogens is 2. The number of carbonyl (C=O) groups excluding carboxylic acids is 1. The zero-order valence-corrected chi connectivity index (χ0v) is 21.5. The first kappa shape index (κ1) is 27.3. The zero-order chi connectivity index (χ0) is 28.4. The second kappa shape index (κ2) is 11.1. The number of fused-ring (bicyclic) bond motifs is 1. The largest absolute Gasteiger partial charge is 0.494 e. The summed E-state index contributed by atoms with van der Waals surface area (Å²) in [5, 5.41) is 3.62. The highest BCUT2D eigenvalue weighted by Crippen LogP contribution is 2.32. The third kappa shape index (κ3) is 5.42. The first-order valence-electron chi connectivity index (χ1n) is 12.8. The molecule has 5 rings (SSSR count). The Labute approximate surface area is 227 Å². The quantitative estimate of drug-likeness (QED) is 0.351. The molecular weight excluding hydrogens is 528 g/mol. The second-order valence-corrected chi connectivity index (χ2v) is 9.35. The summed E-state index contributed by atoms with van der Waals surface area (Å²) in [6.45, 7) is 3.29. The van der Waals surface area contributed by atoms with Crippen molar-refractivity contribution in [3.8, 4) is 11.4 Å². The van der Waals surface area contributed by atoms with E-state index in [2.05, 4.69) is 5.32 Å². The van der Waals surface area contributed by atoms with Gasteiger partial charge in [0, 0.05) is 19.6 Å². The number of rotatable bonds is 6. The molecule has 11 heteroatoms. The lowest BCUT2D eigenvalue weighted by Crippen LogP contribution is -2.50. The van der Waals surface area contributed by atoms with Crippen LogP contribution in [0.4, 0.5) is 17.6 Å². The van der Waals surface area contributed by atoms with Gasteiger partial charge >= 0.3 is 6.18 Å². The van der Waals surface area contributed by atoms with Gasteiger partial charge in [0.2, 0.25) is 5.91 Å². The average Bonchev–Trinajstić information content (AvgIpc) is 2.94. The molecule has 1 aliphatic heterocycles. The first-order chi connectivity index (χ1) is 19.2. The van der Waals surface area contributed by atoms with Crippen LogP contribution in [0.1, 0.15) is 29.9 Å². The number of hydrogen-bond donors (Lipinski definition) is 1. The van der Waals surface area contributed by atoms with Crippen LogP contribution in [0.15, 0.2) is 71.5 Å². The Morgan fingerprint density at radius 2 is 1.85 bits per heavy atom. The van der Waals surface area contributed by atoms with Crippen LogP contribution < -0.4 is 15.6 Å². The van der Waals surface area contributed by atoms with E-state index in [1.54, 1.807) is 48.5 Å². The fourth-order valence-corrected chi connectivity index (χ4v) is 4.89. The molecule has 1 aromatic heterocycles. The van der Waals surface area contributed by atoms with Crippen LogP contribution in [-0.2, 0) is 17.4 Å². The molecule has 1 N–H and O–H groups in total. The normalized spacial score (nSPS) is 15.8. The van der Waals surface area contributed by atoms with Crippen LogP contribution in [0.5, 0.6) is 5.75 Å². The smallest absolute Gasteiger partial charge is 0.419 e. The van der Waals surface area contributed by atoms with Crippen LogP contribution in [0.2, 0.25) is 0 Å². The maximum absolute atomic E-state index is 13.8. The van der Waals surface area contributed by atoms with Crippen LogP contribution in [0.3, 0.4) is 0 Å². The Bertz CT molecular complexity index is 1600. The molecule has 0 unspecified atom stereocenters. The second-order valence-electron chi connectivity index (χ2n) is 9.35. The molecule has 0 radical (unpaired) electrons. The molecule has 1 saturated heterocycles. The molecule has 0 saturated carbocycles. The Kier molecular flexibility index (Phi) is 7.57. The van der Waals surface area contributed by atoms with Crippen LogP contribution in [0, 0.1) is 5.82 Å². The van der Waals surface area contributed by atoms with Crippen molar-refractivity contribution in [1.29, 1.82) is 0 Å². The average molecular weight is 555 g/mol. The number of benzene rings is 3. The van der Waals surface area contributed by atoms with Gasteiger partial charge in [-0.1, -0.05) is 18.2 Å². The molecule has 1 atom stereocenters. The van der Waals surface area contributed by atoms with Crippen molar-refractivity contribution < 1.29 is 27.1 Å². The number of nitrogens with one attached hydrogen (secondary N) is 1. The summed E-state index contributed by atoms with van der Waals surface area (Å²) in [6, 6.07) is 15.7. The van der Waals surface area contributed by atoms with Gasteiger partial charge < -0.3 is 15.0 Å². The van der Waals surface area contributed by atoms with E-state index in [1.165, 1.54) is 15.5 Å². The lowest BCUT2D eigenvalue weighted by atomic mass is 10.0. The number of hydrogen-bond acceptors (Lipinski definition) is 5. The highest BCUT2D eigenvalue weighted by atomic mass is 19.4. The van der Waals surface area contributed by atoms with Crippen molar-refractivity contribution in [3.05, 3.63) is 99.9 Å². The van der Waals surface area contributed by atoms with Crippen molar-refractivity contribution in [3.63, 3.8) is 0 Å². The van der Waals surface area contributed by atoms with Crippen molar-refractivity contribution in [2.75, 3.05) is 26.2 Å². The number of carbonyl (C=O) groups is 1. The minimum Gasteiger partial charge on any atom is -0.494 e. The molecule has 1 fully saturated rings. The maximum Gasteiger partial charge on any atom is 0.419 e. The summed E-state index contributed by atoms with van der Waals surface area (Å²) in [5.41, 5.74) is -0.735. The SMILES string of the molecule is CCOc1ccc(-n2c([C@H]3CNCCN3C(=O)Cc3ccc(F)c(C(F)(F)F)c3)nc3ccccc3c2=O)cc1. The number of para-hydroxylation sites is 1. The predicted octanol–water partition coefficient (Wildman–Crippen LogP) is 4.66. The van der Waals surface area contributed by atoms with E-state index in [-0.39, 0.29) is 30.6 Å². The van der Waals surface area contributed by atoms with E-state index >= 15 is 0 Å². The van der Waals surface area contributed by atoms with Gasteiger partial charge in [-0.25, -0.2) is 9.37 Å². The number of piperazine rings is 1. The van der Waals surface area contributed by atoms with Gasteiger partial charge in [0.15, 0.2) is 0 Å². The summed E-state index contributed by atoms with van der Waals surface area (Å²) >= 11 is 0. The van der Waals surface area contributed by atoms with E-state index < -0.39 is 29.5 Å². The standard InChI is InChI=1S/C29H26F4N4O3/c1-2-40-20-10-8-19(9-11-20)37-27(35-24-6-4-3-5-21(24)28(37)39)25-17-34-13-14-36(25)26(38)16-18-7-12-23(30)22(15-18)29(31,32)33/h3-12,15,25,34H,2,13-14,16-17H2,1H3/t25-/m1/s1. The third-order valence-corrected chi connectivity index (χ3v) is 6.76. The number of ether oxygens (including phenoxy) is 1. The Morgan fingerprint density at radius 1 is 1.10 bits per heavy atom. The minimum atomic E-state index is -4.89. The van der Waals surface area contributed by atoms with E-state index in [9.17, 15) is 27.2 Å². The highest BCUT2D eigenvalue weighted by molar-refractivity contribution is 5.80. The van der Waals surface area contributed by atoms with Crippen LogP contribution >= 0.6 is 0 Å². The topological polar surface area (TPSA) is 76.5 Å². The molecule has 208 valence electrons. The van der Waals surface area contributed by atoms with Gasteiger partial charge in [0.25, 0.3) is 5.56 Å². The molecule has 3 aromatic carbocycles. The van der Waals surface area contributed by atoms with Crippen molar-refractivity contribution in [1.82, 2.24) is 19.8 Å². The highest BCUT2D eigenvalue weighted by Gasteiger charge is 2.35. The summed E-state index contributed by atoms with van der Waals surface area (Å²) in [6.07, 6.45) is -5.26. The Hall–Kier alpha value is -4.25. The lowest BCUT2D eigenvalue weighted by Gasteiger charge is -2.37. The van der Waals surface area contributed by atoms with Gasteiger partial charge in [-0.3, -0.25) is 14.2 Å². The summed E-state index contributed by atoms with van der Waals surface area (Å²) in [7, 11) is 0. The van der Waals surface area contributed by atoms with Gasteiger partial charge in [-0.2, -0.15) is 13.2 Å². The van der Waals surface area contributed by atoms with Crippen molar-refractivity contribution in [2.24, 2.45) is 0 Å². The lowest BCUT2D eigenvalue weighted by molar-refractivity contribution is -0.140. The summed E-state index contributed by atoms with van der Waals surface area (Å²) < 4.78 is 60.5. The van der Waals surface area contributed by atoms with E-state index in [4.69, 9.17) is 9.72 Å². The molecule has 1 aliphatic rings. The number of amides is 1. The summed E-state index contributed by atoms with van der Waals surface area (Å²) in [5.74, 6) is -0.929. The Balaban J connectivity index is 1.56. The predicted molar refractivity (Wildman–Crippen MR) is 141 cm³/mol. The van der Waals surface area contributed by atoms with Crippen molar-refractivity contribution >= 4 is 16.8 Å². The fraction of sp³-hybridized carbons (Fsp3) is 0.276. The molecule has 1 amide bonds. The first-order valence-corrected chi connectivity index (χ1v) is 12.8. The van der Waals surface area contributed by atoms with E-state index in [1.807, 2.05) is 6.92 Å².